The Morgan fingerprint density at radius 1 is 1.28 bits per heavy atom. The molecule has 214 valence electrons. The van der Waals surface area contributed by atoms with Crippen LogP contribution in [0.25, 0.3) is 0 Å². The molecule has 2 fully saturated rings. The number of halogens is 3. The Morgan fingerprint density at radius 3 is 2.51 bits per heavy atom. The lowest BCUT2D eigenvalue weighted by Crippen LogP contribution is -2.49. The average molecular weight is 552 g/mol. The highest BCUT2D eigenvalue weighted by Crippen LogP contribution is 2.36. The van der Waals surface area contributed by atoms with Crippen molar-refractivity contribution in [2.75, 3.05) is 26.2 Å². The predicted octanol–water partition coefficient (Wildman–Crippen LogP) is 2.17. The van der Waals surface area contributed by atoms with Gasteiger partial charge in [-0.25, -0.2) is 18.0 Å². The zero-order valence-electron chi connectivity index (χ0n) is 22.4. The first-order chi connectivity index (χ1) is 18.2. The summed E-state index contributed by atoms with van der Waals surface area (Å²) < 4.78 is 47.4. The lowest BCUT2D eigenvalue weighted by Gasteiger charge is -2.38. The molecule has 1 aromatic rings. The molecule has 3 N–H and O–H groups in total. The number of nitrogens with zero attached hydrogens (tertiary/aromatic N) is 3. The topological polar surface area (TPSA) is 126 Å². The number of hydrogen-bond acceptors (Lipinski definition) is 7. The number of alkyl carbamates (subject to hydrolysis) is 1. The minimum Gasteiger partial charge on any atom is -0.441 e. The van der Waals surface area contributed by atoms with Gasteiger partial charge in [0.05, 0.1) is 31.6 Å². The van der Waals surface area contributed by atoms with Crippen LogP contribution in [-0.2, 0) is 16.0 Å². The lowest BCUT2D eigenvalue weighted by atomic mass is 9.76. The monoisotopic (exact) mass is 552 g/mol. The summed E-state index contributed by atoms with van der Waals surface area (Å²) in [6, 6.07) is 10.8. The molecule has 13 heteroatoms. The molecule has 2 amide bonds. The smallest absolute Gasteiger partial charge is 0.441 e. The molecule has 3 rings (SSSR count). The van der Waals surface area contributed by atoms with E-state index in [1.165, 1.54) is 0 Å². The van der Waals surface area contributed by atoms with Gasteiger partial charge in [0.1, 0.15) is 5.92 Å². The molecule has 9 nitrogen and oxygen atoms in total. The van der Waals surface area contributed by atoms with Gasteiger partial charge >= 0.3 is 13.2 Å². The van der Waals surface area contributed by atoms with Gasteiger partial charge in [-0.3, -0.25) is 9.69 Å². The van der Waals surface area contributed by atoms with E-state index in [-0.39, 0.29) is 39.0 Å². The third kappa shape index (κ3) is 8.09. The second kappa shape index (κ2) is 12.6. The summed E-state index contributed by atoms with van der Waals surface area (Å²) in [6.07, 6.45) is -3.93. The molecule has 1 aromatic carbocycles. The fraction of sp³-hybridized carbons (Fsp3) is 0.654. The first kappa shape index (κ1) is 30.7. The van der Waals surface area contributed by atoms with Crippen LogP contribution in [0.1, 0.15) is 39.2 Å². The van der Waals surface area contributed by atoms with Gasteiger partial charge < -0.3 is 25.0 Å². The number of nitrogens with one attached hydrogen (secondary N) is 1. The first-order valence-electron chi connectivity index (χ1n) is 13.0. The number of hydrogen-bond donors (Lipinski definition) is 3. The predicted molar refractivity (Wildman–Crippen MR) is 137 cm³/mol. The van der Waals surface area contributed by atoms with Crippen molar-refractivity contribution in [2.24, 2.45) is 11.8 Å². The van der Waals surface area contributed by atoms with Crippen LogP contribution in [0, 0.1) is 23.2 Å². The van der Waals surface area contributed by atoms with Crippen LogP contribution in [0.15, 0.2) is 30.3 Å². The van der Waals surface area contributed by atoms with Crippen LogP contribution >= 0.6 is 0 Å². The summed E-state index contributed by atoms with van der Waals surface area (Å²) >= 11 is 0. The zero-order chi connectivity index (χ0) is 29.0. The average Bonchev–Trinajstić information content (AvgIpc) is 3.41. The Hall–Kier alpha value is -2.82. The third-order valence-corrected chi connectivity index (χ3v) is 7.55. The van der Waals surface area contributed by atoms with Gasteiger partial charge in [0.25, 0.3) is 5.92 Å². The van der Waals surface area contributed by atoms with E-state index in [1.807, 2.05) is 6.07 Å². The van der Waals surface area contributed by atoms with Crippen LogP contribution < -0.4 is 5.32 Å². The number of carbonyl (C=O) groups is 2. The maximum atomic E-state index is 14.8. The highest BCUT2D eigenvalue weighted by molar-refractivity contribution is 6.43. The van der Waals surface area contributed by atoms with Gasteiger partial charge in [0.2, 0.25) is 5.91 Å². The molecule has 2 aliphatic rings. The molecule has 0 aromatic heterocycles. The summed E-state index contributed by atoms with van der Waals surface area (Å²) in [5, 5.41) is 31.4. The number of amides is 2. The SMILES string of the molecule is CC(CC(C)(C)N1CCC(F)(F)C1)C(C#N)C(=O)N1C[C@H](OC(=O)N[C@@H](Cc2ccccc2)B(O)O)[C@@H](F)C1. The summed E-state index contributed by atoms with van der Waals surface area (Å²) in [7, 11) is -1.89. The van der Waals surface area contributed by atoms with Gasteiger partial charge in [-0.15, -0.1) is 0 Å². The number of alkyl halides is 3. The van der Waals surface area contributed by atoms with E-state index >= 15 is 0 Å². The number of nitriles is 1. The molecule has 2 saturated heterocycles. The minimum absolute atomic E-state index is 0.0924. The Bertz CT molecular complexity index is 1040. The van der Waals surface area contributed by atoms with E-state index in [4.69, 9.17) is 4.74 Å². The molecule has 2 aliphatic heterocycles. The fourth-order valence-electron chi connectivity index (χ4n) is 5.36. The van der Waals surface area contributed by atoms with Crippen molar-refractivity contribution in [3.8, 4) is 6.07 Å². The second-order valence-electron chi connectivity index (χ2n) is 11.2. The van der Waals surface area contributed by atoms with Crippen molar-refractivity contribution >= 4 is 19.1 Å². The van der Waals surface area contributed by atoms with E-state index in [0.717, 1.165) is 10.5 Å². The van der Waals surface area contributed by atoms with Gasteiger partial charge in [-0.1, -0.05) is 37.3 Å². The van der Waals surface area contributed by atoms with Gasteiger partial charge in [0, 0.05) is 18.5 Å². The minimum atomic E-state index is -2.77. The van der Waals surface area contributed by atoms with Crippen molar-refractivity contribution in [1.82, 2.24) is 15.1 Å². The van der Waals surface area contributed by atoms with Crippen molar-refractivity contribution in [1.29, 1.82) is 5.26 Å². The second-order valence-corrected chi connectivity index (χ2v) is 11.2. The normalized spacial score (nSPS) is 23.5. The Morgan fingerprint density at radius 2 is 1.95 bits per heavy atom. The van der Waals surface area contributed by atoms with Crippen LogP contribution in [0.3, 0.4) is 0 Å². The molecule has 0 aliphatic carbocycles. The molecule has 0 radical (unpaired) electrons. The van der Waals surface area contributed by atoms with E-state index in [0.29, 0.717) is 6.42 Å². The van der Waals surface area contributed by atoms with Crippen LogP contribution in [0.2, 0.25) is 0 Å². The zero-order valence-corrected chi connectivity index (χ0v) is 22.4. The molecule has 0 spiro atoms. The first-order valence-corrected chi connectivity index (χ1v) is 13.0. The number of ether oxygens (including phenoxy) is 1. The molecule has 2 heterocycles. The number of rotatable bonds is 10. The summed E-state index contributed by atoms with van der Waals surface area (Å²) in [6.45, 7) is 4.48. The maximum Gasteiger partial charge on any atom is 0.475 e. The highest BCUT2D eigenvalue weighted by atomic mass is 19.3. The third-order valence-electron chi connectivity index (χ3n) is 7.55. The number of carbonyl (C=O) groups excluding carboxylic acids is 2. The molecule has 0 saturated carbocycles. The lowest BCUT2D eigenvalue weighted by molar-refractivity contribution is -0.134. The van der Waals surface area contributed by atoms with Crippen molar-refractivity contribution in [2.45, 2.75) is 69.7 Å². The standard InChI is InChI=1S/C26H36BF3N4O5/c1-17(12-25(2,3)34-10-9-26(29,30)16-34)19(13-31)23(35)33-14-20(28)21(15-33)39-24(36)32-22(27(37)38)11-18-7-5-4-6-8-18/h4-8,17,19-22,37-38H,9-12,14-16H2,1-3H3,(H,32,36)/t17?,19?,20-,21-,22-/m0/s1. The highest BCUT2D eigenvalue weighted by Gasteiger charge is 2.46. The van der Waals surface area contributed by atoms with Crippen LogP contribution in [0.5, 0.6) is 0 Å². The van der Waals surface area contributed by atoms with Gasteiger partial charge in [-0.2, -0.15) is 5.26 Å². The van der Waals surface area contributed by atoms with Gasteiger partial charge in [0.15, 0.2) is 12.3 Å². The van der Waals surface area contributed by atoms with E-state index < -0.39 is 60.6 Å². The van der Waals surface area contributed by atoms with Crippen molar-refractivity contribution < 1.29 is 37.5 Å². The largest absolute Gasteiger partial charge is 0.475 e. The molecular weight excluding hydrogens is 516 g/mol. The van der Waals surface area contributed by atoms with Crippen LogP contribution in [0.4, 0.5) is 18.0 Å². The summed E-state index contributed by atoms with van der Waals surface area (Å²) in [5.41, 5.74) is 0.0508. The molecule has 0 bridgehead atoms. The maximum absolute atomic E-state index is 14.8. The van der Waals surface area contributed by atoms with E-state index in [9.17, 15) is 38.1 Å². The molecule has 39 heavy (non-hydrogen) atoms. The molecule has 2 unspecified atom stereocenters. The Kier molecular flexibility index (Phi) is 9.91. The molecule has 5 atom stereocenters. The number of benzene rings is 1. The Balaban J connectivity index is 1.56. The quantitative estimate of drug-likeness (QED) is 0.380. The van der Waals surface area contributed by atoms with Crippen molar-refractivity contribution in [3.05, 3.63) is 35.9 Å². The van der Waals surface area contributed by atoms with Gasteiger partial charge in [-0.05, 0) is 38.2 Å². The van der Waals surface area contributed by atoms with E-state index in [1.54, 1.807) is 56.0 Å². The van der Waals surface area contributed by atoms with Crippen molar-refractivity contribution in [3.63, 3.8) is 0 Å². The summed E-state index contributed by atoms with van der Waals surface area (Å²) in [5.74, 6) is -6.13. The summed E-state index contributed by atoms with van der Waals surface area (Å²) in [4.78, 5) is 28.4. The molecular formula is C26H36BF3N4O5. The van der Waals surface area contributed by atoms with Crippen LogP contribution in [-0.4, -0.2) is 94.8 Å². The van der Waals surface area contributed by atoms with E-state index in [2.05, 4.69) is 5.32 Å². The fourth-order valence-corrected chi connectivity index (χ4v) is 5.36. The Labute approximate surface area is 227 Å². The number of likely N-dealkylation sites (tertiary alicyclic amines) is 2.